The zero-order valence-electron chi connectivity index (χ0n) is 10.9. The maximum atomic E-state index is 5.54. The summed E-state index contributed by atoms with van der Waals surface area (Å²) in [6.07, 6.45) is 2.28. The molecule has 0 aromatic rings. The van der Waals surface area contributed by atoms with Crippen molar-refractivity contribution in [3.63, 3.8) is 0 Å². The molecule has 3 N–H and O–H groups in total. The van der Waals surface area contributed by atoms with Crippen molar-refractivity contribution < 1.29 is 9.47 Å². The predicted octanol–water partition coefficient (Wildman–Crippen LogP) is 1.36. The lowest BCUT2D eigenvalue weighted by molar-refractivity contribution is 0.0497. The van der Waals surface area contributed by atoms with Crippen LogP contribution in [-0.2, 0) is 9.47 Å². The standard InChI is InChI=1S/C11H25N3O2.HI/c1-3-5-7-15-9-10-16-8-6-14-11(12)13-4-2;/h3-10H2,1-2H3,(H3,12,13,14);1H. The van der Waals surface area contributed by atoms with E-state index in [0.717, 1.165) is 19.6 Å². The number of ether oxygens (including phenoxy) is 2. The van der Waals surface area contributed by atoms with Gasteiger partial charge in [-0.3, -0.25) is 4.99 Å². The first-order valence-electron chi connectivity index (χ1n) is 6.00. The van der Waals surface area contributed by atoms with E-state index in [1.165, 1.54) is 6.42 Å². The summed E-state index contributed by atoms with van der Waals surface area (Å²) < 4.78 is 10.7. The van der Waals surface area contributed by atoms with Gasteiger partial charge in [0.2, 0.25) is 0 Å². The summed E-state index contributed by atoms with van der Waals surface area (Å²) in [7, 11) is 0. The van der Waals surface area contributed by atoms with Crippen LogP contribution in [0.5, 0.6) is 0 Å². The van der Waals surface area contributed by atoms with Gasteiger partial charge in [0.1, 0.15) is 0 Å². The van der Waals surface area contributed by atoms with E-state index in [1.807, 2.05) is 6.92 Å². The molecule has 0 rings (SSSR count). The van der Waals surface area contributed by atoms with E-state index in [-0.39, 0.29) is 24.0 Å². The molecule has 0 bridgehead atoms. The minimum absolute atomic E-state index is 0. The number of nitrogens with two attached hydrogens (primary N) is 1. The molecule has 0 aliphatic rings. The van der Waals surface area contributed by atoms with E-state index in [0.29, 0.717) is 32.3 Å². The molecule has 0 radical (unpaired) electrons. The average molecular weight is 359 g/mol. The minimum atomic E-state index is 0. The highest BCUT2D eigenvalue weighted by Crippen LogP contribution is 1.87. The molecule has 0 aromatic carbocycles. The van der Waals surface area contributed by atoms with Crippen LogP contribution < -0.4 is 11.1 Å². The first-order chi connectivity index (χ1) is 7.81. The number of hydrogen-bond donors (Lipinski definition) is 2. The van der Waals surface area contributed by atoms with Crippen LogP contribution in [0.25, 0.3) is 0 Å². The Hall–Kier alpha value is -0.0800. The summed E-state index contributed by atoms with van der Waals surface area (Å²) >= 11 is 0. The fourth-order valence-electron chi connectivity index (χ4n) is 1.04. The normalized spacial score (nSPS) is 11.1. The quantitative estimate of drug-likeness (QED) is 0.268. The van der Waals surface area contributed by atoms with Crippen LogP contribution in [-0.4, -0.2) is 45.5 Å². The first-order valence-corrected chi connectivity index (χ1v) is 6.00. The van der Waals surface area contributed by atoms with Crippen LogP contribution in [0.3, 0.4) is 0 Å². The highest BCUT2D eigenvalue weighted by atomic mass is 127. The molecule has 0 fully saturated rings. The Morgan fingerprint density at radius 2 is 1.76 bits per heavy atom. The van der Waals surface area contributed by atoms with E-state index in [2.05, 4.69) is 17.2 Å². The molecule has 0 atom stereocenters. The van der Waals surface area contributed by atoms with E-state index in [4.69, 9.17) is 15.2 Å². The van der Waals surface area contributed by atoms with E-state index in [9.17, 15) is 0 Å². The Bertz CT molecular complexity index is 180. The molecule has 0 saturated heterocycles. The van der Waals surface area contributed by atoms with Crippen LogP contribution in [0.15, 0.2) is 4.99 Å². The molecule has 0 aromatic heterocycles. The fourth-order valence-corrected chi connectivity index (χ4v) is 1.04. The molecule has 0 heterocycles. The number of unbranched alkanes of at least 4 members (excludes halogenated alkanes) is 1. The molecule has 0 aliphatic carbocycles. The molecule has 0 unspecified atom stereocenters. The van der Waals surface area contributed by atoms with Crippen molar-refractivity contribution in [3.8, 4) is 0 Å². The van der Waals surface area contributed by atoms with Crippen molar-refractivity contribution in [1.29, 1.82) is 0 Å². The third kappa shape index (κ3) is 15.9. The van der Waals surface area contributed by atoms with Gasteiger partial charge in [-0.25, -0.2) is 0 Å². The number of nitrogens with one attached hydrogen (secondary N) is 1. The van der Waals surface area contributed by atoms with Crippen LogP contribution >= 0.6 is 24.0 Å². The second-order valence-corrected chi connectivity index (χ2v) is 3.38. The molecule has 0 amide bonds. The van der Waals surface area contributed by atoms with Gasteiger partial charge in [0.05, 0.1) is 26.4 Å². The minimum Gasteiger partial charge on any atom is -0.379 e. The van der Waals surface area contributed by atoms with Gasteiger partial charge in [-0.05, 0) is 13.3 Å². The highest BCUT2D eigenvalue weighted by Gasteiger charge is 1.90. The highest BCUT2D eigenvalue weighted by molar-refractivity contribution is 14.0. The van der Waals surface area contributed by atoms with Gasteiger partial charge in [-0.1, -0.05) is 13.3 Å². The van der Waals surface area contributed by atoms with Gasteiger partial charge >= 0.3 is 0 Å². The van der Waals surface area contributed by atoms with Gasteiger partial charge in [-0.2, -0.15) is 0 Å². The Morgan fingerprint density at radius 1 is 1.12 bits per heavy atom. The van der Waals surface area contributed by atoms with E-state index < -0.39 is 0 Å². The van der Waals surface area contributed by atoms with E-state index >= 15 is 0 Å². The molecular weight excluding hydrogens is 333 g/mol. The van der Waals surface area contributed by atoms with Crippen LogP contribution in [0.4, 0.5) is 0 Å². The van der Waals surface area contributed by atoms with Crippen LogP contribution in [0.2, 0.25) is 0 Å². The lowest BCUT2D eigenvalue weighted by atomic mass is 10.4. The van der Waals surface area contributed by atoms with Crippen molar-refractivity contribution in [2.24, 2.45) is 10.7 Å². The summed E-state index contributed by atoms with van der Waals surface area (Å²) in [6, 6.07) is 0. The topological polar surface area (TPSA) is 68.9 Å². The molecule has 0 saturated carbocycles. The van der Waals surface area contributed by atoms with Crippen molar-refractivity contribution in [2.75, 3.05) is 39.5 Å². The lowest BCUT2D eigenvalue weighted by Gasteiger charge is -2.04. The number of hydrogen-bond acceptors (Lipinski definition) is 3. The maximum absolute atomic E-state index is 5.54. The monoisotopic (exact) mass is 359 g/mol. The van der Waals surface area contributed by atoms with Crippen molar-refractivity contribution in [3.05, 3.63) is 0 Å². The zero-order chi connectivity index (χ0) is 12.1. The average Bonchev–Trinajstić information content (AvgIpc) is 2.27. The van der Waals surface area contributed by atoms with E-state index in [1.54, 1.807) is 0 Å². The Labute approximate surface area is 122 Å². The zero-order valence-corrected chi connectivity index (χ0v) is 13.2. The number of guanidine groups is 1. The Morgan fingerprint density at radius 3 is 2.35 bits per heavy atom. The molecule has 6 heteroatoms. The summed E-state index contributed by atoms with van der Waals surface area (Å²) in [5.74, 6) is 0.477. The van der Waals surface area contributed by atoms with Crippen molar-refractivity contribution in [1.82, 2.24) is 5.32 Å². The fraction of sp³-hybridized carbons (Fsp3) is 0.909. The molecule has 17 heavy (non-hydrogen) atoms. The third-order valence-corrected chi connectivity index (χ3v) is 1.89. The third-order valence-electron chi connectivity index (χ3n) is 1.89. The van der Waals surface area contributed by atoms with Crippen molar-refractivity contribution >= 4 is 29.9 Å². The Balaban J connectivity index is 0. The predicted molar refractivity (Wildman–Crippen MR) is 82.1 cm³/mol. The van der Waals surface area contributed by atoms with Crippen LogP contribution in [0, 0.1) is 0 Å². The smallest absolute Gasteiger partial charge is 0.188 e. The molecule has 0 aliphatic heterocycles. The second-order valence-electron chi connectivity index (χ2n) is 3.38. The van der Waals surface area contributed by atoms with Gasteiger partial charge in [0, 0.05) is 13.2 Å². The largest absolute Gasteiger partial charge is 0.379 e. The summed E-state index contributed by atoms with van der Waals surface area (Å²) in [5, 5.41) is 2.92. The van der Waals surface area contributed by atoms with Gasteiger partial charge in [-0.15, -0.1) is 24.0 Å². The molecule has 104 valence electrons. The maximum Gasteiger partial charge on any atom is 0.188 e. The molecular formula is C11H26IN3O2. The SMILES string of the molecule is CCCCOCCOCCN=C(N)NCC.I. The number of aliphatic imine (C=N–C) groups is 1. The van der Waals surface area contributed by atoms with Crippen molar-refractivity contribution in [2.45, 2.75) is 26.7 Å². The van der Waals surface area contributed by atoms with Gasteiger partial charge in [0.15, 0.2) is 5.96 Å². The molecule has 0 spiro atoms. The van der Waals surface area contributed by atoms with Gasteiger partial charge < -0.3 is 20.5 Å². The summed E-state index contributed by atoms with van der Waals surface area (Å²) in [6.45, 7) is 8.20. The number of rotatable bonds is 10. The number of nitrogens with zero attached hydrogens (tertiary/aromatic N) is 1. The number of halogens is 1. The lowest BCUT2D eigenvalue weighted by Crippen LogP contribution is -2.31. The molecule has 5 nitrogen and oxygen atoms in total. The van der Waals surface area contributed by atoms with Gasteiger partial charge in [0.25, 0.3) is 0 Å². The summed E-state index contributed by atoms with van der Waals surface area (Å²) in [5.41, 5.74) is 5.54. The Kier molecular flexibility index (Phi) is 18.0. The van der Waals surface area contributed by atoms with Crippen LogP contribution in [0.1, 0.15) is 26.7 Å². The second kappa shape index (κ2) is 15.9. The first kappa shape index (κ1) is 19.3. The summed E-state index contributed by atoms with van der Waals surface area (Å²) in [4.78, 5) is 4.08.